The molecule has 1 aliphatic rings. The monoisotopic (exact) mass is 217 g/mol. The van der Waals surface area contributed by atoms with Gasteiger partial charge in [0.05, 0.1) is 0 Å². The zero-order chi connectivity index (χ0) is 11.4. The first-order chi connectivity index (χ1) is 7.77. The van der Waals surface area contributed by atoms with Crippen LogP contribution in [-0.2, 0) is 6.42 Å². The fourth-order valence-electron chi connectivity index (χ4n) is 2.37. The second-order valence-electron chi connectivity index (χ2n) is 5.19. The van der Waals surface area contributed by atoms with E-state index in [9.17, 15) is 0 Å². The van der Waals surface area contributed by atoms with Gasteiger partial charge in [-0.25, -0.2) is 0 Å². The summed E-state index contributed by atoms with van der Waals surface area (Å²) in [7, 11) is 0. The molecule has 1 heteroatoms. The van der Waals surface area contributed by atoms with Gasteiger partial charge in [-0.05, 0) is 42.9 Å². The second kappa shape index (κ2) is 5.49. The third kappa shape index (κ3) is 2.85. The molecule has 0 saturated heterocycles. The Bertz CT molecular complexity index is 326. The molecule has 0 radical (unpaired) electrons. The Hall–Kier alpha value is -0.820. The third-order valence-corrected chi connectivity index (χ3v) is 3.55. The van der Waals surface area contributed by atoms with E-state index in [1.165, 1.54) is 25.7 Å². The minimum atomic E-state index is 0.593. The molecule has 0 unspecified atom stereocenters. The van der Waals surface area contributed by atoms with Crippen LogP contribution in [0.25, 0.3) is 0 Å². The van der Waals surface area contributed by atoms with Crippen molar-refractivity contribution in [3.8, 4) is 0 Å². The number of hydrogen-bond donors (Lipinski definition) is 1. The van der Waals surface area contributed by atoms with E-state index in [1.54, 1.807) is 11.1 Å². The van der Waals surface area contributed by atoms with Crippen LogP contribution >= 0.6 is 0 Å². The second-order valence-corrected chi connectivity index (χ2v) is 5.19. The van der Waals surface area contributed by atoms with Crippen molar-refractivity contribution < 1.29 is 0 Å². The van der Waals surface area contributed by atoms with Gasteiger partial charge in [-0.15, -0.1) is 0 Å². The molecule has 0 aliphatic heterocycles. The van der Waals surface area contributed by atoms with Crippen molar-refractivity contribution in [1.29, 1.82) is 0 Å². The fraction of sp³-hybridized carbons (Fsp3) is 0.600. The Kier molecular flexibility index (Phi) is 4.00. The third-order valence-electron chi connectivity index (χ3n) is 3.55. The molecule has 1 aliphatic carbocycles. The predicted molar refractivity (Wildman–Crippen MR) is 69.9 cm³/mol. The lowest BCUT2D eigenvalue weighted by molar-refractivity contribution is 0.416. The van der Waals surface area contributed by atoms with E-state index in [2.05, 4.69) is 43.4 Å². The maximum absolute atomic E-state index is 3.50. The highest BCUT2D eigenvalue weighted by molar-refractivity contribution is 5.31. The van der Waals surface area contributed by atoms with E-state index in [0.29, 0.717) is 6.04 Å². The van der Waals surface area contributed by atoms with Crippen LogP contribution in [0.15, 0.2) is 24.3 Å². The van der Waals surface area contributed by atoms with Crippen LogP contribution in [0.5, 0.6) is 0 Å². The predicted octanol–water partition coefficient (Wildman–Crippen LogP) is 3.49. The molecule has 1 saturated carbocycles. The standard InChI is InChI=1S/C15H23N/c1-12(2)16-11-10-14-6-3-4-9-15(14)13-7-5-8-13/h3-4,6,9,12-13,16H,5,7-8,10-11H2,1-2H3. The van der Waals surface area contributed by atoms with Crippen molar-refractivity contribution in [2.75, 3.05) is 6.54 Å². The fourth-order valence-corrected chi connectivity index (χ4v) is 2.37. The Balaban J connectivity index is 1.96. The van der Waals surface area contributed by atoms with Crippen molar-refractivity contribution in [2.24, 2.45) is 0 Å². The van der Waals surface area contributed by atoms with Crippen molar-refractivity contribution >= 4 is 0 Å². The molecule has 1 N–H and O–H groups in total. The molecule has 0 amide bonds. The van der Waals surface area contributed by atoms with Crippen LogP contribution in [-0.4, -0.2) is 12.6 Å². The summed E-state index contributed by atoms with van der Waals surface area (Å²) in [6.45, 7) is 5.51. The van der Waals surface area contributed by atoms with Gasteiger partial charge in [-0.2, -0.15) is 0 Å². The van der Waals surface area contributed by atoms with Crippen molar-refractivity contribution in [3.63, 3.8) is 0 Å². The first-order valence-corrected chi connectivity index (χ1v) is 6.58. The van der Waals surface area contributed by atoms with Gasteiger partial charge in [-0.3, -0.25) is 0 Å². The van der Waals surface area contributed by atoms with Crippen molar-refractivity contribution in [1.82, 2.24) is 5.32 Å². The summed E-state index contributed by atoms with van der Waals surface area (Å²) in [6, 6.07) is 9.58. The lowest BCUT2D eigenvalue weighted by Crippen LogP contribution is -2.25. The summed E-state index contributed by atoms with van der Waals surface area (Å²) >= 11 is 0. The molecule has 16 heavy (non-hydrogen) atoms. The number of hydrogen-bond acceptors (Lipinski definition) is 1. The van der Waals surface area contributed by atoms with Crippen LogP contribution in [0.2, 0.25) is 0 Å². The average molecular weight is 217 g/mol. The van der Waals surface area contributed by atoms with E-state index in [-0.39, 0.29) is 0 Å². The Labute approximate surface area is 99.3 Å². The van der Waals surface area contributed by atoms with Gasteiger partial charge < -0.3 is 5.32 Å². The molecule has 0 heterocycles. The maximum atomic E-state index is 3.50. The van der Waals surface area contributed by atoms with Crippen LogP contribution in [0.1, 0.15) is 50.2 Å². The van der Waals surface area contributed by atoms with Gasteiger partial charge in [0.15, 0.2) is 0 Å². The zero-order valence-electron chi connectivity index (χ0n) is 10.5. The molecule has 2 rings (SSSR count). The highest BCUT2D eigenvalue weighted by atomic mass is 14.9. The van der Waals surface area contributed by atoms with E-state index in [1.807, 2.05) is 0 Å². The molecule has 0 aromatic heterocycles. The number of benzene rings is 1. The molecule has 88 valence electrons. The van der Waals surface area contributed by atoms with Crippen LogP contribution in [0, 0.1) is 0 Å². The Morgan fingerprint density at radius 3 is 2.62 bits per heavy atom. The smallest absolute Gasteiger partial charge is 0.00105 e. The zero-order valence-corrected chi connectivity index (χ0v) is 10.5. The summed E-state index contributed by atoms with van der Waals surface area (Å²) < 4.78 is 0. The average Bonchev–Trinajstić information content (AvgIpc) is 2.17. The van der Waals surface area contributed by atoms with Crippen molar-refractivity contribution in [2.45, 2.75) is 51.5 Å². The highest BCUT2D eigenvalue weighted by Gasteiger charge is 2.21. The number of nitrogens with one attached hydrogen (secondary N) is 1. The van der Waals surface area contributed by atoms with Gasteiger partial charge in [0.1, 0.15) is 0 Å². The van der Waals surface area contributed by atoms with Gasteiger partial charge in [-0.1, -0.05) is 44.5 Å². The maximum Gasteiger partial charge on any atom is 0.00105 e. The summed E-state index contributed by atoms with van der Waals surface area (Å²) in [5, 5.41) is 3.50. The minimum Gasteiger partial charge on any atom is -0.314 e. The minimum absolute atomic E-state index is 0.593. The normalized spacial score (nSPS) is 16.4. The molecule has 1 fully saturated rings. The van der Waals surface area contributed by atoms with Gasteiger partial charge >= 0.3 is 0 Å². The first-order valence-electron chi connectivity index (χ1n) is 6.58. The van der Waals surface area contributed by atoms with Crippen molar-refractivity contribution in [3.05, 3.63) is 35.4 Å². The van der Waals surface area contributed by atoms with E-state index >= 15 is 0 Å². The molecule has 0 spiro atoms. The molecule has 1 aromatic carbocycles. The molecule has 0 atom stereocenters. The Morgan fingerprint density at radius 2 is 2.00 bits per heavy atom. The molecular weight excluding hydrogens is 194 g/mol. The topological polar surface area (TPSA) is 12.0 Å². The molecule has 0 bridgehead atoms. The summed E-state index contributed by atoms with van der Waals surface area (Å²) in [4.78, 5) is 0. The highest BCUT2D eigenvalue weighted by Crippen LogP contribution is 2.37. The lowest BCUT2D eigenvalue weighted by atomic mass is 9.78. The molecular formula is C15H23N. The first kappa shape index (κ1) is 11.7. The largest absolute Gasteiger partial charge is 0.314 e. The van der Waals surface area contributed by atoms with E-state index < -0.39 is 0 Å². The summed E-state index contributed by atoms with van der Waals surface area (Å²) in [5.41, 5.74) is 3.17. The Morgan fingerprint density at radius 1 is 1.25 bits per heavy atom. The van der Waals surface area contributed by atoms with Crippen LogP contribution < -0.4 is 5.32 Å². The van der Waals surface area contributed by atoms with Crippen LogP contribution in [0.3, 0.4) is 0 Å². The van der Waals surface area contributed by atoms with Crippen LogP contribution in [0.4, 0.5) is 0 Å². The lowest BCUT2D eigenvalue weighted by Gasteiger charge is -2.28. The van der Waals surface area contributed by atoms with E-state index in [0.717, 1.165) is 12.5 Å². The van der Waals surface area contributed by atoms with Gasteiger partial charge in [0, 0.05) is 6.04 Å². The summed E-state index contributed by atoms with van der Waals surface area (Å²) in [5.74, 6) is 0.857. The molecule has 1 nitrogen and oxygen atoms in total. The summed E-state index contributed by atoms with van der Waals surface area (Å²) in [6.07, 6.45) is 5.39. The molecule has 1 aromatic rings. The quantitative estimate of drug-likeness (QED) is 0.796. The van der Waals surface area contributed by atoms with E-state index in [4.69, 9.17) is 0 Å². The SMILES string of the molecule is CC(C)NCCc1ccccc1C1CCC1. The number of rotatable bonds is 5. The van der Waals surface area contributed by atoms with Gasteiger partial charge in [0.2, 0.25) is 0 Å². The van der Waals surface area contributed by atoms with Gasteiger partial charge in [0.25, 0.3) is 0 Å².